The summed E-state index contributed by atoms with van der Waals surface area (Å²) < 4.78 is 1.54. The summed E-state index contributed by atoms with van der Waals surface area (Å²) in [6.45, 7) is 0.320. The van der Waals surface area contributed by atoms with Gasteiger partial charge in [-0.3, -0.25) is 14.7 Å². The van der Waals surface area contributed by atoms with Crippen molar-refractivity contribution in [2.24, 2.45) is 0 Å². The summed E-state index contributed by atoms with van der Waals surface area (Å²) in [6.07, 6.45) is 2.31. The third-order valence-corrected chi connectivity index (χ3v) is 6.16. The summed E-state index contributed by atoms with van der Waals surface area (Å²) >= 11 is 6.20. The lowest BCUT2D eigenvalue weighted by Gasteiger charge is -2.19. The Kier molecular flexibility index (Phi) is 7.18. The summed E-state index contributed by atoms with van der Waals surface area (Å²) in [6, 6.07) is 21.5. The van der Waals surface area contributed by atoms with Crippen LogP contribution in [0.2, 0.25) is 5.02 Å². The molecule has 0 saturated heterocycles. The van der Waals surface area contributed by atoms with Crippen LogP contribution in [0.15, 0.2) is 79.1 Å². The average molecular weight is 515 g/mol. The van der Waals surface area contributed by atoms with E-state index in [1.165, 1.54) is 6.33 Å². The van der Waals surface area contributed by atoms with Gasteiger partial charge in [0.05, 0.1) is 11.2 Å². The molecule has 37 heavy (non-hydrogen) atoms. The molecule has 2 amide bonds. The van der Waals surface area contributed by atoms with E-state index in [4.69, 9.17) is 11.6 Å². The maximum atomic E-state index is 13.3. The van der Waals surface area contributed by atoms with Crippen LogP contribution < -0.4 is 10.6 Å². The molecule has 0 spiro atoms. The SMILES string of the molecule is O=C(N[C@@H](Cc1ccccc1)C(=O)NCCc1cc(Cl)ccc1-n1cnnn1)c1n[nH]c2ccccc12. The second-order valence-electron chi connectivity index (χ2n) is 8.40. The zero-order valence-electron chi connectivity index (χ0n) is 19.6. The van der Waals surface area contributed by atoms with Gasteiger partial charge in [-0.15, -0.1) is 5.10 Å². The fraction of sp³-hybridized carbons (Fsp3) is 0.154. The highest BCUT2D eigenvalue weighted by Gasteiger charge is 2.24. The van der Waals surface area contributed by atoms with Gasteiger partial charge in [0.2, 0.25) is 5.91 Å². The maximum Gasteiger partial charge on any atom is 0.273 e. The molecular weight excluding hydrogens is 492 g/mol. The molecule has 0 aliphatic carbocycles. The lowest BCUT2D eigenvalue weighted by atomic mass is 10.0. The molecule has 10 nitrogen and oxygen atoms in total. The van der Waals surface area contributed by atoms with E-state index in [1.54, 1.807) is 10.7 Å². The Morgan fingerprint density at radius 2 is 1.84 bits per heavy atom. The summed E-state index contributed by atoms with van der Waals surface area (Å²) in [5.74, 6) is -0.729. The van der Waals surface area contributed by atoms with E-state index in [2.05, 4.69) is 36.4 Å². The van der Waals surface area contributed by atoms with Crippen molar-refractivity contribution in [2.75, 3.05) is 6.54 Å². The zero-order valence-corrected chi connectivity index (χ0v) is 20.4. The van der Waals surface area contributed by atoms with Crippen LogP contribution in [0.1, 0.15) is 21.6 Å². The van der Waals surface area contributed by atoms with Gasteiger partial charge in [-0.2, -0.15) is 5.10 Å². The minimum absolute atomic E-state index is 0.242. The van der Waals surface area contributed by atoms with Gasteiger partial charge in [-0.1, -0.05) is 60.1 Å². The Morgan fingerprint density at radius 3 is 2.65 bits per heavy atom. The highest BCUT2D eigenvalue weighted by atomic mass is 35.5. The monoisotopic (exact) mass is 514 g/mol. The van der Waals surface area contributed by atoms with Gasteiger partial charge in [0.1, 0.15) is 12.4 Å². The van der Waals surface area contributed by atoms with Crippen LogP contribution >= 0.6 is 11.6 Å². The number of carbonyl (C=O) groups excluding carboxylic acids is 2. The van der Waals surface area contributed by atoms with Crippen LogP contribution in [0.25, 0.3) is 16.6 Å². The second kappa shape index (κ2) is 11.0. The number of hydrogen-bond donors (Lipinski definition) is 3. The van der Waals surface area contributed by atoms with Gasteiger partial charge in [0.15, 0.2) is 5.69 Å². The summed E-state index contributed by atoms with van der Waals surface area (Å²) in [4.78, 5) is 26.4. The number of aromatic nitrogens is 6. The van der Waals surface area contributed by atoms with Gasteiger partial charge < -0.3 is 10.6 Å². The molecule has 1 atom stereocenters. The molecule has 3 aromatic carbocycles. The van der Waals surface area contributed by atoms with Gasteiger partial charge in [-0.05, 0) is 52.2 Å². The normalized spacial score (nSPS) is 11.8. The van der Waals surface area contributed by atoms with Gasteiger partial charge in [0.25, 0.3) is 5.91 Å². The number of H-pyrrole nitrogens is 1. The maximum absolute atomic E-state index is 13.3. The first-order valence-corrected chi connectivity index (χ1v) is 12.0. The predicted molar refractivity (Wildman–Crippen MR) is 138 cm³/mol. The molecule has 3 N–H and O–H groups in total. The minimum atomic E-state index is -0.802. The second-order valence-corrected chi connectivity index (χ2v) is 8.84. The van der Waals surface area contributed by atoms with Crippen LogP contribution in [0, 0.1) is 0 Å². The fourth-order valence-electron chi connectivity index (χ4n) is 4.12. The number of hydrogen-bond acceptors (Lipinski definition) is 6. The molecule has 0 aliphatic heterocycles. The Balaban J connectivity index is 1.30. The lowest BCUT2D eigenvalue weighted by molar-refractivity contribution is -0.122. The molecule has 0 radical (unpaired) electrons. The van der Waals surface area contributed by atoms with E-state index in [0.29, 0.717) is 29.8 Å². The fourth-order valence-corrected chi connectivity index (χ4v) is 4.31. The van der Waals surface area contributed by atoms with Crippen molar-refractivity contribution >= 4 is 34.3 Å². The minimum Gasteiger partial charge on any atom is -0.354 e. The van der Waals surface area contributed by atoms with Gasteiger partial charge in [-0.25, -0.2) is 4.68 Å². The van der Waals surface area contributed by atoms with Crippen LogP contribution in [-0.4, -0.2) is 54.8 Å². The number of halogens is 1. The first-order chi connectivity index (χ1) is 18.1. The Labute approximate surface area is 217 Å². The molecule has 0 unspecified atom stereocenters. The number of carbonyl (C=O) groups is 2. The van der Waals surface area contributed by atoms with E-state index < -0.39 is 11.9 Å². The van der Waals surface area contributed by atoms with E-state index in [9.17, 15) is 9.59 Å². The quantitative estimate of drug-likeness (QED) is 0.277. The molecule has 2 aromatic heterocycles. The third kappa shape index (κ3) is 5.65. The van der Waals surface area contributed by atoms with Crippen LogP contribution in [-0.2, 0) is 17.6 Å². The molecule has 0 bridgehead atoms. The van der Waals surface area contributed by atoms with Crippen molar-refractivity contribution in [2.45, 2.75) is 18.9 Å². The molecule has 0 saturated carbocycles. The van der Waals surface area contributed by atoms with Gasteiger partial charge >= 0.3 is 0 Å². The first kappa shape index (κ1) is 24.1. The van der Waals surface area contributed by atoms with Crippen molar-refractivity contribution in [1.29, 1.82) is 0 Å². The Morgan fingerprint density at radius 1 is 1.03 bits per heavy atom. The molecular formula is C26H23ClN8O2. The largest absolute Gasteiger partial charge is 0.354 e. The number of nitrogens with one attached hydrogen (secondary N) is 3. The topological polar surface area (TPSA) is 130 Å². The number of fused-ring (bicyclic) bond motifs is 1. The summed E-state index contributed by atoms with van der Waals surface area (Å²) in [5.41, 5.74) is 3.55. The van der Waals surface area contributed by atoms with Crippen LogP contribution in [0.4, 0.5) is 0 Å². The van der Waals surface area contributed by atoms with Crippen LogP contribution in [0.5, 0.6) is 0 Å². The molecule has 2 heterocycles. The van der Waals surface area contributed by atoms with Crippen molar-refractivity contribution < 1.29 is 9.59 Å². The summed E-state index contributed by atoms with van der Waals surface area (Å²) in [5, 5.41) is 25.4. The number of aromatic amines is 1. The van der Waals surface area contributed by atoms with Gasteiger partial charge in [0, 0.05) is 23.4 Å². The predicted octanol–water partition coefficient (Wildman–Crippen LogP) is 2.89. The lowest BCUT2D eigenvalue weighted by Crippen LogP contribution is -2.48. The van der Waals surface area contributed by atoms with Crippen molar-refractivity contribution in [3.05, 3.63) is 101 Å². The molecule has 5 rings (SSSR count). The van der Waals surface area contributed by atoms with Crippen molar-refractivity contribution in [1.82, 2.24) is 41.0 Å². The average Bonchev–Trinajstić information content (AvgIpc) is 3.59. The molecule has 5 aromatic rings. The standard InChI is InChI=1S/C26H23ClN8O2/c27-19-10-11-23(35-16-29-33-34-35)18(15-19)12-13-28-25(36)22(14-17-6-2-1-3-7-17)30-26(37)24-20-8-4-5-9-21(20)31-32-24/h1-11,15-16,22H,12-14H2,(H,28,36)(H,30,37)(H,31,32)/t22-/m0/s1. The van der Waals surface area contributed by atoms with E-state index in [0.717, 1.165) is 22.3 Å². The van der Waals surface area contributed by atoms with E-state index in [1.807, 2.05) is 66.7 Å². The van der Waals surface area contributed by atoms with E-state index >= 15 is 0 Å². The number of para-hydroxylation sites is 1. The van der Waals surface area contributed by atoms with Crippen molar-refractivity contribution in [3.63, 3.8) is 0 Å². The molecule has 186 valence electrons. The molecule has 0 aliphatic rings. The number of nitrogens with zero attached hydrogens (tertiary/aromatic N) is 5. The van der Waals surface area contributed by atoms with Crippen LogP contribution in [0.3, 0.4) is 0 Å². The third-order valence-electron chi connectivity index (χ3n) is 5.92. The summed E-state index contributed by atoms with van der Waals surface area (Å²) in [7, 11) is 0. The number of benzene rings is 3. The smallest absolute Gasteiger partial charge is 0.273 e. The van der Waals surface area contributed by atoms with Crippen molar-refractivity contribution in [3.8, 4) is 5.69 Å². The number of tetrazole rings is 1. The number of amides is 2. The Hall–Kier alpha value is -4.57. The highest BCUT2D eigenvalue weighted by Crippen LogP contribution is 2.19. The zero-order chi connectivity index (χ0) is 25.6. The Bertz CT molecular complexity index is 1520. The number of rotatable bonds is 9. The molecule has 11 heteroatoms. The first-order valence-electron chi connectivity index (χ1n) is 11.7. The van der Waals surface area contributed by atoms with E-state index in [-0.39, 0.29) is 11.6 Å². The molecule has 0 fully saturated rings. The highest BCUT2D eigenvalue weighted by molar-refractivity contribution is 6.30.